The van der Waals surface area contributed by atoms with Crippen LogP contribution in [-0.4, -0.2) is 59.1 Å². The first-order chi connectivity index (χ1) is 11.7. The fourth-order valence-electron chi connectivity index (χ4n) is 4.13. The van der Waals surface area contributed by atoms with E-state index in [1.165, 1.54) is 0 Å². The van der Waals surface area contributed by atoms with E-state index in [9.17, 15) is 9.90 Å². The molecule has 0 aromatic carbocycles. The molecule has 1 saturated carbocycles. The molecule has 0 aromatic rings. The van der Waals surface area contributed by atoms with Gasteiger partial charge in [0, 0.05) is 25.0 Å². The van der Waals surface area contributed by atoms with Crippen LogP contribution in [0.15, 0.2) is 0 Å². The molecule has 1 aliphatic carbocycles. The van der Waals surface area contributed by atoms with Crippen molar-refractivity contribution in [2.45, 2.75) is 63.5 Å². The smallest absolute Gasteiger partial charge is 0.236 e. The Hall–Kier alpha value is -1.63. The maximum absolute atomic E-state index is 12.6. The van der Waals surface area contributed by atoms with Crippen molar-refractivity contribution in [2.24, 2.45) is 5.92 Å². The van der Waals surface area contributed by atoms with E-state index in [4.69, 9.17) is 10.5 Å². The molecule has 2 fully saturated rings. The summed E-state index contributed by atoms with van der Waals surface area (Å²) in [7, 11) is 0. The minimum Gasteiger partial charge on any atom is -0.393 e. The minimum atomic E-state index is -0.243. The van der Waals surface area contributed by atoms with E-state index in [0.717, 1.165) is 45.1 Å². The van der Waals surface area contributed by atoms with Crippen LogP contribution in [0.25, 0.3) is 0 Å². The van der Waals surface area contributed by atoms with E-state index in [1.807, 2.05) is 0 Å². The third kappa shape index (κ3) is 4.93. The molecule has 0 spiro atoms. The van der Waals surface area contributed by atoms with Crippen molar-refractivity contribution in [3.05, 3.63) is 0 Å². The third-order valence-corrected chi connectivity index (χ3v) is 5.37. The highest BCUT2D eigenvalue weighted by Crippen LogP contribution is 2.34. The van der Waals surface area contributed by atoms with Crippen molar-refractivity contribution in [3.63, 3.8) is 0 Å². The van der Waals surface area contributed by atoms with Crippen LogP contribution in [0.4, 0.5) is 0 Å². The lowest BCUT2D eigenvalue weighted by Crippen LogP contribution is -2.47. The Morgan fingerprint density at radius 2 is 1.75 bits per heavy atom. The number of nitriles is 2. The molecule has 1 heterocycles. The molecule has 2 aliphatic rings. The van der Waals surface area contributed by atoms with Crippen molar-refractivity contribution < 1.29 is 9.90 Å². The number of hydrogen-bond donors (Lipinski definition) is 1. The second-order valence-corrected chi connectivity index (χ2v) is 6.89. The summed E-state index contributed by atoms with van der Waals surface area (Å²) >= 11 is 0. The van der Waals surface area contributed by atoms with Gasteiger partial charge in [-0.05, 0) is 32.2 Å². The monoisotopic (exact) mass is 332 g/mol. The second kappa shape index (κ2) is 9.61. The molecule has 1 N–H and O–H groups in total. The van der Waals surface area contributed by atoms with E-state index >= 15 is 0 Å². The number of likely N-dealkylation sites (tertiary alicyclic amines) is 1. The third-order valence-electron chi connectivity index (χ3n) is 5.37. The number of aliphatic hydroxyl groups excluding tert-OH is 1. The molecule has 0 bridgehead atoms. The van der Waals surface area contributed by atoms with E-state index in [2.05, 4.69) is 17.0 Å². The maximum atomic E-state index is 12.6. The van der Waals surface area contributed by atoms with Crippen LogP contribution in [0.3, 0.4) is 0 Å². The summed E-state index contributed by atoms with van der Waals surface area (Å²) in [6.45, 7) is 2.01. The lowest BCUT2D eigenvalue weighted by atomic mass is 9.80. The molecule has 3 atom stereocenters. The number of hydrogen-bond acceptors (Lipinski definition) is 5. The molecule has 24 heavy (non-hydrogen) atoms. The average molecular weight is 332 g/mol. The van der Waals surface area contributed by atoms with Crippen molar-refractivity contribution in [1.82, 2.24) is 9.80 Å². The Kier molecular flexibility index (Phi) is 7.49. The molecule has 2 rings (SSSR count). The molecular formula is C18H28N4O2. The lowest BCUT2D eigenvalue weighted by Gasteiger charge is -2.37. The van der Waals surface area contributed by atoms with Gasteiger partial charge in [0.15, 0.2) is 0 Å². The quantitative estimate of drug-likeness (QED) is 0.765. The van der Waals surface area contributed by atoms with Crippen LogP contribution in [0.5, 0.6) is 0 Å². The normalized spacial score (nSPS) is 27.4. The van der Waals surface area contributed by atoms with Crippen LogP contribution in [0, 0.1) is 28.6 Å². The number of carbonyl (C=O) groups excluding carboxylic acids is 1. The van der Waals surface area contributed by atoms with Gasteiger partial charge in [-0.2, -0.15) is 10.5 Å². The summed E-state index contributed by atoms with van der Waals surface area (Å²) in [5.74, 6) is 0.276. The van der Waals surface area contributed by atoms with Crippen LogP contribution < -0.4 is 0 Å². The Morgan fingerprint density at radius 1 is 1.08 bits per heavy atom. The van der Waals surface area contributed by atoms with E-state index in [0.29, 0.717) is 32.5 Å². The summed E-state index contributed by atoms with van der Waals surface area (Å²) in [6, 6.07) is 4.42. The average Bonchev–Trinajstić information content (AvgIpc) is 3.03. The van der Waals surface area contributed by atoms with Gasteiger partial charge in [0.2, 0.25) is 5.91 Å². The Labute approximate surface area is 144 Å². The first-order valence-electron chi connectivity index (χ1n) is 9.11. The molecule has 1 amide bonds. The predicted octanol–water partition coefficient (Wildman–Crippen LogP) is 1.66. The molecular weight excluding hydrogens is 304 g/mol. The molecule has 132 valence electrons. The van der Waals surface area contributed by atoms with Gasteiger partial charge in [0.25, 0.3) is 0 Å². The largest absolute Gasteiger partial charge is 0.393 e. The van der Waals surface area contributed by atoms with E-state index in [-0.39, 0.29) is 24.0 Å². The zero-order chi connectivity index (χ0) is 17.4. The van der Waals surface area contributed by atoms with E-state index in [1.54, 1.807) is 4.90 Å². The van der Waals surface area contributed by atoms with Crippen molar-refractivity contribution >= 4 is 5.91 Å². The first kappa shape index (κ1) is 18.7. The molecule has 0 radical (unpaired) electrons. The van der Waals surface area contributed by atoms with Crippen LogP contribution in [0.2, 0.25) is 0 Å². The summed E-state index contributed by atoms with van der Waals surface area (Å²) < 4.78 is 0. The molecule has 6 nitrogen and oxygen atoms in total. The van der Waals surface area contributed by atoms with Crippen LogP contribution in [0.1, 0.15) is 51.4 Å². The Morgan fingerprint density at radius 3 is 2.38 bits per heavy atom. The standard InChI is InChI=1S/C18H28N4O2/c19-9-4-12-21(13-5-10-20)18(24)14-22-11-3-7-16(22)15-6-1-2-8-17(15)23/h15-17,23H,1-8,11-14H2. The summed E-state index contributed by atoms with van der Waals surface area (Å²) in [5.41, 5.74) is 0. The van der Waals surface area contributed by atoms with E-state index < -0.39 is 0 Å². The van der Waals surface area contributed by atoms with Gasteiger partial charge < -0.3 is 10.0 Å². The van der Waals surface area contributed by atoms with Gasteiger partial charge in [-0.1, -0.05) is 12.8 Å². The fourth-order valence-corrected chi connectivity index (χ4v) is 4.13. The fraction of sp³-hybridized carbons (Fsp3) is 0.833. The van der Waals surface area contributed by atoms with Gasteiger partial charge >= 0.3 is 0 Å². The van der Waals surface area contributed by atoms with Crippen LogP contribution in [-0.2, 0) is 4.79 Å². The number of rotatable bonds is 7. The van der Waals surface area contributed by atoms with Gasteiger partial charge in [0.05, 0.1) is 37.6 Å². The summed E-state index contributed by atoms with van der Waals surface area (Å²) in [6.07, 6.45) is 6.64. The Bertz CT molecular complexity index is 478. The zero-order valence-corrected chi connectivity index (χ0v) is 14.4. The highest BCUT2D eigenvalue weighted by molar-refractivity contribution is 5.78. The van der Waals surface area contributed by atoms with Gasteiger partial charge in [-0.3, -0.25) is 9.69 Å². The highest BCUT2D eigenvalue weighted by Gasteiger charge is 2.37. The van der Waals surface area contributed by atoms with Crippen molar-refractivity contribution in [1.29, 1.82) is 10.5 Å². The topological polar surface area (TPSA) is 91.4 Å². The van der Waals surface area contributed by atoms with Crippen molar-refractivity contribution in [3.8, 4) is 12.1 Å². The SMILES string of the molecule is N#CCCN(CCC#N)C(=O)CN1CCCC1C1CCCCC1O. The van der Waals surface area contributed by atoms with Crippen molar-refractivity contribution in [2.75, 3.05) is 26.2 Å². The van der Waals surface area contributed by atoms with Crippen LogP contribution >= 0.6 is 0 Å². The minimum absolute atomic E-state index is 0.00213. The number of amides is 1. The molecule has 1 aliphatic heterocycles. The van der Waals surface area contributed by atoms with Gasteiger partial charge in [-0.25, -0.2) is 0 Å². The molecule has 6 heteroatoms. The predicted molar refractivity (Wildman–Crippen MR) is 89.6 cm³/mol. The second-order valence-electron chi connectivity index (χ2n) is 6.89. The van der Waals surface area contributed by atoms with Gasteiger partial charge in [0.1, 0.15) is 0 Å². The molecule has 1 saturated heterocycles. The number of aliphatic hydroxyl groups is 1. The summed E-state index contributed by atoms with van der Waals surface area (Å²) in [4.78, 5) is 16.5. The molecule has 0 aromatic heterocycles. The zero-order valence-electron chi connectivity index (χ0n) is 14.4. The lowest BCUT2D eigenvalue weighted by molar-refractivity contribution is -0.133. The summed E-state index contributed by atoms with van der Waals surface area (Å²) in [5, 5.41) is 27.8. The first-order valence-corrected chi connectivity index (χ1v) is 9.11. The van der Waals surface area contributed by atoms with Gasteiger partial charge in [-0.15, -0.1) is 0 Å². The Balaban J connectivity index is 1.94. The highest BCUT2D eigenvalue weighted by atomic mass is 16.3. The molecule has 3 unspecified atom stereocenters. The number of nitrogens with zero attached hydrogens (tertiary/aromatic N) is 4. The maximum Gasteiger partial charge on any atom is 0.236 e. The number of carbonyl (C=O) groups is 1.